The van der Waals surface area contributed by atoms with Gasteiger partial charge in [0, 0.05) is 12.6 Å². The highest BCUT2D eigenvalue weighted by Crippen LogP contribution is 2.05. The monoisotopic (exact) mass is 141 g/mol. The molecule has 1 saturated heterocycles. The van der Waals surface area contributed by atoms with Crippen LogP contribution in [0.25, 0.3) is 0 Å². The number of hydrogen-bond acceptors (Lipinski definition) is 3. The molecule has 1 rings (SSSR count). The van der Waals surface area contributed by atoms with Crippen LogP contribution in [-0.4, -0.2) is 30.8 Å². The molecule has 0 spiro atoms. The van der Waals surface area contributed by atoms with E-state index in [9.17, 15) is 0 Å². The maximum absolute atomic E-state index is 5.68. The topological polar surface area (TPSA) is 41.3 Å². The molecule has 2 atom stereocenters. The summed E-state index contributed by atoms with van der Waals surface area (Å²) in [6.07, 6.45) is 4.24. The highest BCUT2D eigenvalue weighted by Gasteiger charge is 2.24. The molecule has 0 saturated carbocycles. The Morgan fingerprint density at radius 3 is 2.80 bits per heavy atom. The molecule has 0 aromatic heterocycles. The molecule has 1 fully saturated rings. The Balaban J connectivity index is 2.48. The van der Waals surface area contributed by atoms with Crippen molar-refractivity contribution in [3.63, 3.8) is 0 Å². The molecule has 1 aliphatic rings. The van der Waals surface area contributed by atoms with Gasteiger partial charge >= 0.3 is 0 Å². The summed E-state index contributed by atoms with van der Waals surface area (Å²) in [5.74, 6) is 0. The Morgan fingerprint density at radius 1 is 1.70 bits per heavy atom. The average molecular weight is 141 g/mol. The largest absolute Gasteiger partial charge is 0.303 e. The summed E-state index contributed by atoms with van der Waals surface area (Å²) in [4.78, 5) is 2.11. The predicted molar refractivity (Wildman–Crippen MR) is 42.3 cm³/mol. The van der Waals surface area contributed by atoms with E-state index in [1.54, 1.807) is 0 Å². The lowest BCUT2D eigenvalue weighted by Crippen LogP contribution is -2.42. The van der Waals surface area contributed by atoms with Crippen LogP contribution in [0.2, 0.25) is 0 Å². The molecule has 0 radical (unpaired) electrons. The van der Waals surface area contributed by atoms with Crippen LogP contribution in [0.3, 0.4) is 0 Å². The van der Waals surface area contributed by atoms with E-state index in [1.807, 2.05) is 14.0 Å². The van der Waals surface area contributed by atoms with Crippen LogP contribution >= 0.6 is 0 Å². The fraction of sp³-hybridized carbons (Fsp3) is 0.714. The summed E-state index contributed by atoms with van der Waals surface area (Å²) in [5.41, 5.74) is 5.68. The van der Waals surface area contributed by atoms with Gasteiger partial charge in [-0.1, -0.05) is 12.2 Å². The third-order valence-electron chi connectivity index (χ3n) is 1.91. The van der Waals surface area contributed by atoms with E-state index in [4.69, 9.17) is 5.73 Å². The lowest BCUT2D eigenvalue weighted by atomic mass is 10.3. The molecule has 0 aromatic carbocycles. The van der Waals surface area contributed by atoms with Gasteiger partial charge in [0.2, 0.25) is 0 Å². The van der Waals surface area contributed by atoms with Gasteiger partial charge in [-0.2, -0.15) is 0 Å². The smallest absolute Gasteiger partial charge is 0.112 e. The van der Waals surface area contributed by atoms with Gasteiger partial charge in [-0.3, -0.25) is 10.2 Å². The van der Waals surface area contributed by atoms with Crippen molar-refractivity contribution >= 4 is 0 Å². The molecule has 0 bridgehead atoms. The SMILES string of the molecule is CC=CC1CNC(N)N1C. The van der Waals surface area contributed by atoms with Crippen LogP contribution in [-0.2, 0) is 0 Å². The van der Waals surface area contributed by atoms with Crippen LogP contribution in [0.15, 0.2) is 12.2 Å². The van der Waals surface area contributed by atoms with Gasteiger partial charge in [-0.05, 0) is 14.0 Å². The predicted octanol–water partition coefficient (Wildman–Crippen LogP) is -0.292. The number of nitrogens with one attached hydrogen (secondary N) is 1. The van der Waals surface area contributed by atoms with Crippen molar-refractivity contribution in [2.24, 2.45) is 5.73 Å². The van der Waals surface area contributed by atoms with Crippen molar-refractivity contribution in [3.8, 4) is 0 Å². The fourth-order valence-electron chi connectivity index (χ4n) is 1.16. The van der Waals surface area contributed by atoms with E-state index >= 15 is 0 Å². The molecule has 1 heterocycles. The lowest BCUT2D eigenvalue weighted by Gasteiger charge is -2.18. The first-order valence-electron chi connectivity index (χ1n) is 3.59. The second-order valence-electron chi connectivity index (χ2n) is 2.61. The summed E-state index contributed by atoms with van der Waals surface area (Å²) in [5, 5.41) is 3.16. The molecule has 3 nitrogen and oxygen atoms in total. The summed E-state index contributed by atoms with van der Waals surface area (Å²) in [6, 6.07) is 0.472. The van der Waals surface area contributed by atoms with Crippen molar-refractivity contribution in [2.45, 2.75) is 19.3 Å². The molecule has 0 aromatic rings. The number of allylic oxidation sites excluding steroid dienone is 1. The molecule has 58 valence electrons. The summed E-state index contributed by atoms with van der Waals surface area (Å²) in [7, 11) is 2.02. The Labute approximate surface area is 61.9 Å². The van der Waals surface area contributed by atoms with E-state index < -0.39 is 0 Å². The Morgan fingerprint density at radius 2 is 2.40 bits per heavy atom. The van der Waals surface area contributed by atoms with Crippen LogP contribution in [0.4, 0.5) is 0 Å². The van der Waals surface area contributed by atoms with Crippen LogP contribution < -0.4 is 11.1 Å². The minimum Gasteiger partial charge on any atom is -0.303 e. The van der Waals surface area contributed by atoms with Crippen molar-refractivity contribution in [3.05, 3.63) is 12.2 Å². The Kier molecular flexibility index (Phi) is 2.43. The minimum atomic E-state index is 0.0289. The molecule has 10 heavy (non-hydrogen) atoms. The molecule has 0 amide bonds. The van der Waals surface area contributed by atoms with E-state index in [2.05, 4.69) is 22.4 Å². The number of rotatable bonds is 1. The normalized spacial score (nSPS) is 35.9. The number of nitrogens with two attached hydrogens (primary N) is 1. The van der Waals surface area contributed by atoms with E-state index in [-0.39, 0.29) is 6.29 Å². The van der Waals surface area contributed by atoms with Gasteiger partial charge in [0.15, 0.2) is 0 Å². The first kappa shape index (κ1) is 7.72. The summed E-state index contributed by atoms with van der Waals surface area (Å²) < 4.78 is 0. The molecule has 3 heteroatoms. The quantitative estimate of drug-likeness (QED) is 0.493. The molecular weight excluding hydrogens is 126 g/mol. The highest BCUT2D eigenvalue weighted by molar-refractivity contribution is 4.97. The van der Waals surface area contributed by atoms with Crippen molar-refractivity contribution in [1.82, 2.24) is 10.2 Å². The molecular formula is C7H15N3. The average Bonchev–Trinajstić information content (AvgIpc) is 2.20. The van der Waals surface area contributed by atoms with Crippen molar-refractivity contribution in [2.75, 3.05) is 13.6 Å². The second kappa shape index (κ2) is 3.14. The third kappa shape index (κ3) is 1.37. The standard InChI is InChI=1S/C7H15N3/c1-3-4-6-5-9-7(8)10(6)2/h3-4,6-7,9H,5,8H2,1-2H3. The summed E-state index contributed by atoms with van der Waals surface area (Å²) in [6.45, 7) is 2.99. The molecule has 2 unspecified atom stereocenters. The zero-order valence-electron chi connectivity index (χ0n) is 6.54. The molecule has 0 aliphatic carbocycles. The maximum atomic E-state index is 5.68. The van der Waals surface area contributed by atoms with Crippen LogP contribution in [0.5, 0.6) is 0 Å². The number of hydrogen-bond donors (Lipinski definition) is 2. The van der Waals surface area contributed by atoms with Crippen LogP contribution in [0, 0.1) is 0 Å². The Bertz CT molecular complexity index is 133. The Hall–Kier alpha value is -0.380. The third-order valence-corrected chi connectivity index (χ3v) is 1.91. The van der Waals surface area contributed by atoms with Gasteiger partial charge in [0.25, 0.3) is 0 Å². The van der Waals surface area contributed by atoms with Gasteiger partial charge < -0.3 is 5.73 Å². The lowest BCUT2D eigenvalue weighted by molar-refractivity contribution is 0.267. The van der Waals surface area contributed by atoms with Crippen molar-refractivity contribution in [1.29, 1.82) is 0 Å². The van der Waals surface area contributed by atoms with Crippen LogP contribution in [0.1, 0.15) is 6.92 Å². The second-order valence-corrected chi connectivity index (χ2v) is 2.61. The first-order chi connectivity index (χ1) is 4.75. The van der Waals surface area contributed by atoms with Gasteiger partial charge in [0.1, 0.15) is 6.29 Å². The fourth-order valence-corrected chi connectivity index (χ4v) is 1.16. The van der Waals surface area contributed by atoms with Gasteiger partial charge in [-0.25, -0.2) is 0 Å². The zero-order valence-corrected chi connectivity index (χ0v) is 6.54. The molecule has 3 N–H and O–H groups in total. The summed E-state index contributed by atoms with van der Waals surface area (Å²) >= 11 is 0. The first-order valence-corrected chi connectivity index (χ1v) is 3.59. The van der Waals surface area contributed by atoms with E-state index in [0.29, 0.717) is 6.04 Å². The van der Waals surface area contributed by atoms with E-state index in [1.165, 1.54) is 0 Å². The maximum Gasteiger partial charge on any atom is 0.112 e. The zero-order chi connectivity index (χ0) is 7.56. The van der Waals surface area contributed by atoms with Crippen molar-refractivity contribution < 1.29 is 0 Å². The molecule has 1 aliphatic heterocycles. The number of likely N-dealkylation sites (N-methyl/N-ethyl adjacent to an activating group) is 1. The van der Waals surface area contributed by atoms with Gasteiger partial charge in [-0.15, -0.1) is 0 Å². The van der Waals surface area contributed by atoms with E-state index in [0.717, 1.165) is 6.54 Å². The number of nitrogens with zero attached hydrogens (tertiary/aromatic N) is 1. The highest BCUT2D eigenvalue weighted by atomic mass is 15.4. The van der Waals surface area contributed by atoms with Gasteiger partial charge in [0.05, 0.1) is 0 Å². The minimum absolute atomic E-state index is 0.0289.